The minimum absolute atomic E-state index is 0.252. The maximum absolute atomic E-state index is 12.4. The zero-order valence-electron chi connectivity index (χ0n) is 15.7. The number of nitrogens with one attached hydrogen (secondary N) is 2. The Kier molecular flexibility index (Phi) is 4.80. The fourth-order valence-electron chi connectivity index (χ4n) is 2.91. The van der Waals surface area contributed by atoms with E-state index >= 15 is 0 Å². The number of amides is 1. The van der Waals surface area contributed by atoms with Crippen molar-refractivity contribution in [2.75, 3.05) is 23.8 Å². The van der Waals surface area contributed by atoms with E-state index in [9.17, 15) is 4.79 Å². The van der Waals surface area contributed by atoms with Gasteiger partial charge in [0.2, 0.25) is 5.95 Å². The summed E-state index contributed by atoms with van der Waals surface area (Å²) in [5, 5.41) is 5.98. The number of anilines is 3. The second-order valence-electron chi connectivity index (χ2n) is 6.55. The predicted octanol–water partition coefficient (Wildman–Crippen LogP) is 3.86. The summed E-state index contributed by atoms with van der Waals surface area (Å²) in [6, 6.07) is 11.4. The average Bonchev–Trinajstić information content (AvgIpc) is 2.70. The van der Waals surface area contributed by atoms with Gasteiger partial charge in [-0.15, -0.1) is 0 Å². The number of aryl methyl sites for hydroxylation is 2. The first kappa shape index (κ1) is 17.8. The summed E-state index contributed by atoms with van der Waals surface area (Å²) >= 11 is 0. The molecule has 0 saturated carbocycles. The third-order valence-corrected chi connectivity index (χ3v) is 4.34. The fraction of sp³-hybridized carbons (Fsp3) is 0.190. The van der Waals surface area contributed by atoms with Gasteiger partial charge in [-0.05, 0) is 37.6 Å². The minimum Gasteiger partial charge on any atom is -0.486 e. The normalized spacial score (nSPS) is 12.4. The van der Waals surface area contributed by atoms with Gasteiger partial charge in [-0.3, -0.25) is 4.79 Å². The molecule has 142 valence electrons. The molecule has 4 rings (SSSR count). The molecule has 1 aliphatic heterocycles. The van der Waals surface area contributed by atoms with E-state index in [0.29, 0.717) is 30.5 Å². The molecule has 2 heterocycles. The summed E-state index contributed by atoms with van der Waals surface area (Å²) in [5.41, 5.74) is 4.08. The molecule has 2 N–H and O–H groups in total. The van der Waals surface area contributed by atoms with E-state index < -0.39 is 0 Å². The molecule has 28 heavy (non-hydrogen) atoms. The van der Waals surface area contributed by atoms with Crippen molar-refractivity contribution in [3.63, 3.8) is 0 Å². The minimum atomic E-state index is -0.252. The van der Waals surface area contributed by atoms with Crippen LogP contribution in [-0.2, 0) is 0 Å². The van der Waals surface area contributed by atoms with Crippen molar-refractivity contribution in [3.05, 3.63) is 65.5 Å². The molecule has 7 heteroatoms. The van der Waals surface area contributed by atoms with Gasteiger partial charge in [0, 0.05) is 29.8 Å². The number of fused-ring (bicyclic) bond motifs is 1. The highest BCUT2D eigenvalue weighted by atomic mass is 16.6. The van der Waals surface area contributed by atoms with E-state index in [1.807, 2.05) is 50.2 Å². The number of hydrogen-bond donors (Lipinski definition) is 2. The Labute approximate surface area is 162 Å². The fourth-order valence-corrected chi connectivity index (χ4v) is 2.91. The monoisotopic (exact) mass is 376 g/mol. The molecule has 0 atom stereocenters. The van der Waals surface area contributed by atoms with Gasteiger partial charge in [-0.25, -0.2) is 9.97 Å². The standard InChI is InChI=1S/C21H20N4O3/c1-13-3-5-17(14(2)9-13)25-20(26)15-11-22-21(23-12-15)24-16-4-6-18-19(10-16)28-8-7-27-18/h3-6,9-12H,7-8H2,1-2H3,(H,25,26)(H,22,23,24). The number of carbonyl (C=O) groups is 1. The summed E-state index contributed by atoms with van der Waals surface area (Å²) in [5.74, 6) is 1.54. The number of aromatic nitrogens is 2. The molecule has 2 aromatic carbocycles. The average molecular weight is 376 g/mol. The largest absolute Gasteiger partial charge is 0.486 e. The van der Waals surface area contributed by atoms with Crippen molar-refractivity contribution in [2.45, 2.75) is 13.8 Å². The SMILES string of the molecule is Cc1ccc(NC(=O)c2cnc(Nc3ccc4c(c3)OCCO4)nc2)c(C)c1. The first-order valence-electron chi connectivity index (χ1n) is 8.96. The lowest BCUT2D eigenvalue weighted by Crippen LogP contribution is -2.15. The van der Waals surface area contributed by atoms with Gasteiger partial charge in [-0.1, -0.05) is 17.7 Å². The van der Waals surface area contributed by atoms with E-state index in [-0.39, 0.29) is 5.91 Å². The summed E-state index contributed by atoms with van der Waals surface area (Å²) in [6.07, 6.45) is 2.98. The van der Waals surface area contributed by atoms with E-state index in [1.54, 1.807) is 0 Å². The highest BCUT2D eigenvalue weighted by Crippen LogP contribution is 2.33. The van der Waals surface area contributed by atoms with Crippen LogP contribution in [0.1, 0.15) is 21.5 Å². The lowest BCUT2D eigenvalue weighted by atomic mass is 10.1. The molecule has 1 aliphatic rings. The van der Waals surface area contributed by atoms with Crippen LogP contribution >= 0.6 is 0 Å². The lowest BCUT2D eigenvalue weighted by Gasteiger charge is -2.19. The molecule has 0 radical (unpaired) electrons. The Morgan fingerprint density at radius 2 is 1.71 bits per heavy atom. The van der Waals surface area contributed by atoms with Gasteiger partial charge in [0.1, 0.15) is 13.2 Å². The van der Waals surface area contributed by atoms with Gasteiger partial charge >= 0.3 is 0 Å². The second kappa shape index (κ2) is 7.56. The number of carbonyl (C=O) groups excluding carboxylic acids is 1. The number of nitrogens with zero attached hydrogens (tertiary/aromatic N) is 2. The van der Waals surface area contributed by atoms with Gasteiger partial charge in [-0.2, -0.15) is 0 Å². The molecule has 0 spiro atoms. The third-order valence-electron chi connectivity index (χ3n) is 4.34. The Balaban J connectivity index is 1.44. The predicted molar refractivity (Wildman–Crippen MR) is 107 cm³/mol. The van der Waals surface area contributed by atoms with Gasteiger partial charge in [0.25, 0.3) is 5.91 Å². The third kappa shape index (κ3) is 3.88. The molecule has 1 amide bonds. The molecular formula is C21H20N4O3. The van der Waals surface area contributed by atoms with Crippen molar-refractivity contribution >= 4 is 23.2 Å². The molecule has 0 fully saturated rings. The van der Waals surface area contributed by atoms with Crippen molar-refractivity contribution < 1.29 is 14.3 Å². The van der Waals surface area contributed by atoms with Gasteiger partial charge in [0.05, 0.1) is 5.56 Å². The Hall–Kier alpha value is -3.61. The van der Waals surface area contributed by atoms with Crippen molar-refractivity contribution in [2.24, 2.45) is 0 Å². The summed E-state index contributed by atoms with van der Waals surface area (Å²) in [4.78, 5) is 20.9. The molecule has 0 saturated heterocycles. The summed E-state index contributed by atoms with van der Waals surface area (Å²) in [6.45, 7) is 5.05. The maximum Gasteiger partial charge on any atom is 0.258 e. The summed E-state index contributed by atoms with van der Waals surface area (Å²) in [7, 11) is 0. The highest BCUT2D eigenvalue weighted by Gasteiger charge is 2.13. The van der Waals surface area contributed by atoms with Crippen LogP contribution in [0.5, 0.6) is 11.5 Å². The van der Waals surface area contributed by atoms with E-state index in [0.717, 1.165) is 28.3 Å². The summed E-state index contributed by atoms with van der Waals surface area (Å²) < 4.78 is 11.1. The highest BCUT2D eigenvalue weighted by molar-refractivity contribution is 6.04. The first-order chi connectivity index (χ1) is 13.6. The van der Waals surface area contributed by atoms with Crippen LogP contribution < -0.4 is 20.1 Å². The van der Waals surface area contributed by atoms with Gasteiger partial charge < -0.3 is 20.1 Å². The maximum atomic E-state index is 12.4. The van der Waals surface area contributed by atoms with E-state index in [2.05, 4.69) is 20.6 Å². The molecular weight excluding hydrogens is 356 g/mol. The van der Waals surface area contributed by atoms with Crippen LogP contribution in [0.4, 0.5) is 17.3 Å². The molecule has 0 unspecified atom stereocenters. The Morgan fingerprint density at radius 1 is 0.964 bits per heavy atom. The second-order valence-corrected chi connectivity index (χ2v) is 6.55. The molecule has 7 nitrogen and oxygen atoms in total. The molecule has 0 bridgehead atoms. The zero-order chi connectivity index (χ0) is 19.5. The number of hydrogen-bond acceptors (Lipinski definition) is 6. The van der Waals surface area contributed by atoms with Gasteiger partial charge in [0.15, 0.2) is 11.5 Å². The number of ether oxygens (including phenoxy) is 2. The number of benzene rings is 2. The molecule has 3 aromatic rings. The van der Waals surface area contributed by atoms with Crippen LogP contribution in [0, 0.1) is 13.8 Å². The van der Waals surface area contributed by atoms with Crippen LogP contribution in [0.15, 0.2) is 48.8 Å². The lowest BCUT2D eigenvalue weighted by molar-refractivity contribution is 0.102. The van der Waals surface area contributed by atoms with Crippen LogP contribution in [0.2, 0.25) is 0 Å². The van der Waals surface area contributed by atoms with Crippen LogP contribution in [0.25, 0.3) is 0 Å². The Morgan fingerprint density at radius 3 is 2.46 bits per heavy atom. The van der Waals surface area contributed by atoms with Crippen LogP contribution in [0.3, 0.4) is 0 Å². The van der Waals surface area contributed by atoms with Crippen molar-refractivity contribution in [3.8, 4) is 11.5 Å². The first-order valence-corrected chi connectivity index (χ1v) is 8.96. The molecule has 1 aromatic heterocycles. The topological polar surface area (TPSA) is 85.4 Å². The van der Waals surface area contributed by atoms with E-state index in [4.69, 9.17) is 9.47 Å². The quantitative estimate of drug-likeness (QED) is 0.719. The van der Waals surface area contributed by atoms with Crippen molar-refractivity contribution in [1.29, 1.82) is 0 Å². The van der Waals surface area contributed by atoms with E-state index in [1.165, 1.54) is 12.4 Å². The van der Waals surface area contributed by atoms with Crippen LogP contribution in [-0.4, -0.2) is 29.1 Å². The molecule has 0 aliphatic carbocycles. The smallest absolute Gasteiger partial charge is 0.258 e. The number of rotatable bonds is 4. The zero-order valence-corrected chi connectivity index (χ0v) is 15.7. The Bertz CT molecular complexity index is 1020. The van der Waals surface area contributed by atoms with Crippen molar-refractivity contribution in [1.82, 2.24) is 9.97 Å².